The van der Waals surface area contributed by atoms with Gasteiger partial charge in [-0.2, -0.15) is 0 Å². The molecule has 5 nitrogen and oxygen atoms in total. The maximum absolute atomic E-state index is 12.1. The molecule has 0 spiro atoms. The van der Waals surface area contributed by atoms with Gasteiger partial charge in [-0.3, -0.25) is 9.00 Å². The lowest BCUT2D eigenvalue weighted by Crippen LogP contribution is -2.59. The smallest absolute Gasteiger partial charge is 0.329 e. The fourth-order valence-electron chi connectivity index (χ4n) is 2.25. The van der Waals surface area contributed by atoms with Crippen LogP contribution in [0.1, 0.15) is 35.2 Å². The van der Waals surface area contributed by atoms with Crippen molar-refractivity contribution in [1.29, 1.82) is 0 Å². The Bertz CT molecular complexity index is 566. The molecule has 0 bridgehead atoms. The van der Waals surface area contributed by atoms with Gasteiger partial charge in [0.2, 0.25) is 0 Å². The van der Waals surface area contributed by atoms with E-state index in [9.17, 15) is 18.9 Å². The number of carbonyl (C=O) groups is 2. The first-order valence-corrected chi connectivity index (χ1v) is 8.10. The van der Waals surface area contributed by atoms with Gasteiger partial charge in [0, 0.05) is 28.4 Å². The van der Waals surface area contributed by atoms with Crippen molar-refractivity contribution in [3.63, 3.8) is 0 Å². The fourth-order valence-corrected chi connectivity index (χ4v) is 2.90. The maximum Gasteiger partial charge on any atom is 0.329 e. The van der Waals surface area contributed by atoms with Crippen molar-refractivity contribution in [2.45, 2.75) is 30.6 Å². The molecule has 1 aromatic rings. The van der Waals surface area contributed by atoms with Gasteiger partial charge in [-0.1, -0.05) is 12.1 Å². The van der Waals surface area contributed by atoms with E-state index in [0.717, 1.165) is 12.0 Å². The highest BCUT2D eigenvalue weighted by atomic mass is 32.2. The molecule has 1 saturated carbocycles. The second-order valence-electron chi connectivity index (χ2n) is 5.11. The zero-order valence-electron chi connectivity index (χ0n) is 11.2. The minimum Gasteiger partial charge on any atom is -0.480 e. The van der Waals surface area contributed by atoms with Gasteiger partial charge in [-0.25, -0.2) is 4.79 Å². The minimum atomic E-state index is -1.11. The average Bonchev–Trinajstić information content (AvgIpc) is 2.32. The van der Waals surface area contributed by atoms with E-state index in [-0.39, 0.29) is 0 Å². The van der Waals surface area contributed by atoms with Gasteiger partial charge in [-0.05, 0) is 37.0 Å². The predicted octanol–water partition coefficient (Wildman–Crippen LogP) is 1.30. The largest absolute Gasteiger partial charge is 0.480 e. The summed E-state index contributed by atoms with van der Waals surface area (Å²) in [6.45, 7) is 0. The van der Waals surface area contributed by atoms with Crippen LogP contribution in [-0.4, -0.2) is 33.0 Å². The van der Waals surface area contributed by atoms with E-state index in [0.29, 0.717) is 24.2 Å². The highest BCUT2D eigenvalue weighted by Crippen LogP contribution is 2.32. The summed E-state index contributed by atoms with van der Waals surface area (Å²) < 4.78 is 11.2. The van der Waals surface area contributed by atoms with Crippen molar-refractivity contribution in [2.24, 2.45) is 0 Å². The summed E-state index contributed by atoms with van der Waals surface area (Å²) in [7, 11) is -0.981. The molecule has 2 rings (SSSR count). The Labute approximate surface area is 119 Å². The van der Waals surface area contributed by atoms with Crippen LogP contribution in [0.15, 0.2) is 24.3 Å². The molecule has 1 aliphatic rings. The van der Waals surface area contributed by atoms with Gasteiger partial charge in [0.05, 0.1) is 0 Å². The zero-order chi connectivity index (χ0) is 14.8. The summed E-state index contributed by atoms with van der Waals surface area (Å²) in [5.74, 6) is -0.996. The zero-order valence-corrected chi connectivity index (χ0v) is 12.0. The van der Waals surface area contributed by atoms with E-state index in [4.69, 9.17) is 0 Å². The molecule has 1 aliphatic carbocycles. The van der Waals surface area contributed by atoms with Gasteiger partial charge in [0.1, 0.15) is 5.54 Å². The average molecular weight is 295 g/mol. The molecule has 0 aliphatic heterocycles. The SMILES string of the molecule is CS(=O)Cc1cccc(C(=O)NC2(C(=O)O)CCC2)c1. The van der Waals surface area contributed by atoms with Crippen molar-refractivity contribution in [3.8, 4) is 0 Å². The molecular formula is C14H17NO4S. The third kappa shape index (κ3) is 3.07. The Morgan fingerprint density at radius 1 is 1.40 bits per heavy atom. The molecule has 1 fully saturated rings. The first kappa shape index (κ1) is 14.7. The first-order valence-electron chi connectivity index (χ1n) is 6.38. The number of carboxylic acid groups (broad SMARTS) is 1. The lowest BCUT2D eigenvalue weighted by molar-refractivity contribution is -0.148. The van der Waals surface area contributed by atoms with Crippen LogP contribution >= 0.6 is 0 Å². The van der Waals surface area contributed by atoms with E-state index >= 15 is 0 Å². The highest BCUT2D eigenvalue weighted by molar-refractivity contribution is 7.83. The molecule has 1 atom stereocenters. The lowest BCUT2D eigenvalue weighted by atomic mass is 9.76. The van der Waals surface area contributed by atoms with Crippen LogP contribution in [0.25, 0.3) is 0 Å². The normalized spacial score (nSPS) is 17.9. The summed E-state index contributed by atoms with van der Waals surface area (Å²) in [5, 5.41) is 11.8. The molecule has 0 aromatic heterocycles. The van der Waals surface area contributed by atoms with Gasteiger partial charge in [0.15, 0.2) is 0 Å². The molecule has 0 saturated heterocycles. The summed E-state index contributed by atoms with van der Waals surface area (Å²) >= 11 is 0. The van der Waals surface area contributed by atoms with Crippen LogP contribution in [0, 0.1) is 0 Å². The summed E-state index contributed by atoms with van der Waals surface area (Å²) in [5.41, 5.74) is 0.0951. The topological polar surface area (TPSA) is 83.5 Å². The third-order valence-electron chi connectivity index (χ3n) is 3.53. The predicted molar refractivity (Wildman–Crippen MR) is 75.9 cm³/mol. The fraction of sp³-hybridized carbons (Fsp3) is 0.429. The summed E-state index contributed by atoms with van der Waals surface area (Å²) in [4.78, 5) is 23.4. The van der Waals surface area contributed by atoms with Crippen LogP contribution in [0.3, 0.4) is 0 Å². The number of carboxylic acids is 1. The van der Waals surface area contributed by atoms with Gasteiger partial charge in [0.25, 0.3) is 5.91 Å². The molecular weight excluding hydrogens is 278 g/mol. The maximum atomic E-state index is 12.1. The first-order chi connectivity index (χ1) is 9.43. The molecule has 0 heterocycles. The highest BCUT2D eigenvalue weighted by Gasteiger charge is 2.45. The number of hydrogen-bond acceptors (Lipinski definition) is 3. The summed E-state index contributed by atoms with van der Waals surface area (Å²) in [6, 6.07) is 6.80. The number of amides is 1. The molecule has 2 N–H and O–H groups in total. The molecule has 6 heteroatoms. The van der Waals surface area contributed by atoms with Crippen molar-refractivity contribution < 1.29 is 18.9 Å². The van der Waals surface area contributed by atoms with E-state index in [2.05, 4.69) is 5.32 Å². The Kier molecular flexibility index (Phi) is 4.23. The van der Waals surface area contributed by atoms with Crippen molar-refractivity contribution >= 4 is 22.7 Å². The quantitative estimate of drug-likeness (QED) is 0.857. The van der Waals surface area contributed by atoms with Crippen LogP contribution in [0.4, 0.5) is 0 Å². The number of carbonyl (C=O) groups excluding carboxylic acids is 1. The van der Waals surface area contributed by atoms with Crippen LogP contribution in [0.2, 0.25) is 0 Å². The van der Waals surface area contributed by atoms with Gasteiger partial charge >= 0.3 is 5.97 Å². The van der Waals surface area contributed by atoms with E-state index < -0.39 is 28.2 Å². The van der Waals surface area contributed by atoms with Gasteiger partial charge < -0.3 is 10.4 Å². The van der Waals surface area contributed by atoms with Crippen molar-refractivity contribution in [2.75, 3.05) is 6.26 Å². The molecule has 108 valence electrons. The van der Waals surface area contributed by atoms with Crippen molar-refractivity contribution in [1.82, 2.24) is 5.32 Å². The van der Waals surface area contributed by atoms with Crippen molar-refractivity contribution in [3.05, 3.63) is 35.4 Å². The number of rotatable bonds is 5. The standard InChI is InChI=1S/C14H17NO4S/c1-20(19)9-10-4-2-5-11(8-10)12(16)15-14(13(17)18)6-3-7-14/h2,4-5,8H,3,6-7,9H2,1H3,(H,15,16)(H,17,18). The van der Waals surface area contributed by atoms with E-state index in [1.54, 1.807) is 30.5 Å². The number of aliphatic carboxylic acids is 1. The summed E-state index contributed by atoms with van der Waals surface area (Å²) in [6.07, 6.45) is 3.33. The van der Waals surface area contributed by atoms with Crippen LogP contribution in [-0.2, 0) is 21.3 Å². The number of hydrogen-bond donors (Lipinski definition) is 2. The lowest BCUT2D eigenvalue weighted by Gasteiger charge is -2.38. The van der Waals surface area contributed by atoms with Crippen LogP contribution in [0.5, 0.6) is 0 Å². The second-order valence-corrected chi connectivity index (χ2v) is 6.55. The van der Waals surface area contributed by atoms with E-state index in [1.807, 2.05) is 0 Å². The third-order valence-corrected chi connectivity index (χ3v) is 4.27. The molecule has 20 heavy (non-hydrogen) atoms. The Balaban J connectivity index is 2.13. The Morgan fingerprint density at radius 2 is 2.10 bits per heavy atom. The Morgan fingerprint density at radius 3 is 2.60 bits per heavy atom. The van der Waals surface area contributed by atoms with Gasteiger partial charge in [-0.15, -0.1) is 0 Å². The van der Waals surface area contributed by atoms with Crippen LogP contribution < -0.4 is 5.32 Å². The molecule has 1 aromatic carbocycles. The molecule has 1 unspecified atom stereocenters. The van der Waals surface area contributed by atoms with E-state index in [1.165, 1.54) is 0 Å². The Hall–Kier alpha value is -1.69. The monoisotopic (exact) mass is 295 g/mol. The molecule has 1 amide bonds. The number of nitrogens with one attached hydrogen (secondary N) is 1. The molecule has 0 radical (unpaired) electrons. The number of benzene rings is 1. The second kappa shape index (κ2) is 5.75. The minimum absolute atomic E-state index is 0.380.